The number of carbonyl (C=O) groups excluding carboxylic acids is 1. The second kappa shape index (κ2) is 11.0. The fraction of sp³-hybridized carbons (Fsp3) is 0.241. The van der Waals surface area contributed by atoms with E-state index in [1.165, 1.54) is 24.0 Å². The zero-order valence-corrected chi connectivity index (χ0v) is 22.7. The van der Waals surface area contributed by atoms with Gasteiger partial charge in [0.05, 0.1) is 36.6 Å². The monoisotopic (exact) mass is 571 g/mol. The van der Waals surface area contributed by atoms with E-state index in [4.69, 9.17) is 10.5 Å². The van der Waals surface area contributed by atoms with Gasteiger partial charge in [0.25, 0.3) is 0 Å². The Kier molecular flexibility index (Phi) is 7.07. The zero-order valence-electron chi connectivity index (χ0n) is 22.7. The van der Waals surface area contributed by atoms with Crippen LogP contribution in [0, 0.1) is 11.6 Å². The third kappa shape index (κ3) is 5.04. The van der Waals surface area contributed by atoms with Crippen molar-refractivity contribution in [2.24, 2.45) is 0 Å². The van der Waals surface area contributed by atoms with E-state index in [-0.39, 0.29) is 5.95 Å². The van der Waals surface area contributed by atoms with Gasteiger partial charge in [-0.25, -0.2) is 23.5 Å². The second-order valence-corrected chi connectivity index (χ2v) is 10.1. The van der Waals surface area contributed by atoms with Crippen LogP contribution in [0.1, 0.15) is 29.7 Å². The number of hydrogen-bond acceptors (Lipinski definition) is 9. The highest BCUT2D eigenvalue weighted by atomic mass is 19.2. The number of methoxy groups -OCH3 is 1. The fourth-order valence-electron chi connectivity index (χ4n) is 5.47. The predicted molar refractivity (Wildman–Crippen MR) is 150 cm³/mol. The molecule has 0 aliphatic carbocycles. The number of piperidine rings is 1. The standard InChI is InChI=1S/C29H27F2N9O2/c1-42-28(41)38-29(25-5-2-3-9-33-25)8-4-10-39(16-29)24-15-34-23(18-6-7-21(30)22(31)12-18)13-19(24)11-20-14-37-40-26(20)35-17-36-27(40)32/h2-3,5-7,9,12-15,17H,4,8,10-11,16H2,1H3,(H,38,41)(H2,32,35,36). The lowest BCUT2D eigenvalue weighted by Crippen LogP contribution is -2.57. The molecule has 5 aromatic rings. The molecule has 1 aliphatic rings. The van der Waals surface area contributed by atoms with E-state index in [1.54, 1.807) is 18.6 Å². The number of aromatic nitrogens is 6. The molecule has 1 amide bonds. The van der Waals surface area contributed by atoms with Gasteiger partial charge >= 0.3 is 6.09 Å². The van der Waals surface area contributed by atoms with Gasteiger partial charge in [0.15, 0.2) is 17.3 Å². The minimum Gasteiger partial charge on any atom is -0.453 e. The first-order valence-electron chi connectivity index (χ1n) is 13.3. The summed E-state index contributed by atoms with van der Waals surface area (Å²) >= 11 is 0. The summed E-state index contributed by atoms with van der Waals surface area (Å²) in [6, 6.07) is 11.1. The van der Waals surface area contributed by atoms with Crippen molar-refractivity contribution in [2.75, 3.05) is 30.8 Å². The number of nitrogen functional groups attached to an aromatic ring is 1. The van der Waals surface area contributed by atoms with Crippen LogP contribution in [0.15, 0.2) is 67.4 Å². The Bertz CT molecular complexity index is 1770. The first-order chi connectivity index (χ1) is 20.4. The maximum absolute atomic E-state index is 14.1. The number of rotatable bonds is 6. The number of ether oxygens (including phenoxy) is 1. The number of nitrogens with two attached hydrogens (primary N) is 1. The Hall–Kier alpha value is -5.20. The van der Waals surface area contributed by atoms with Crippen LogP contribution in [-0.2, 0) is 16.7 Å². The number of anilines is 2. The predicted octanol–water partition coefficient (Wildman–Crippen LogP) is 3.88. The normalized spacial score (nSPS) is 16.9. The van der Waals surface area contributed by atoms with Crippen molar-refractivity contribution < 1.29 is 18.3 Å². The lowest BCUT2D eigenvalue weighted by molar-refractivity contribution is 0.148. The summed E-state index contributed by atoms with van der Waals surface area (Å²) in [7, 11) is 1.33. The van der Waals surface area contributed by atoms with Crippen molar-refractivity contribution in [3.05, 3.63) is 95.8 Å². The van der Waals surface area contributed by atoms with Crippen LogP contribution < -0.4 is 16.0 Å². The molecule has 42 heavy (non-hydrogen) atoms. The summed E-state index contributed by atoms with van der Waals surface area (Å²) in [4.78, 5) is 32.2. The molecule has 0 saturated carbocycles. The molecule has 0 radical (unpaired) electrons. The molecule has 214 valence electrons. The third-order valence-electron chi connectivity index (χ3n) is 7.48. The highest BCUT2D eigenvalue weighted by Crippen LogP contribution is 2.36. The number of fused-ring (bicyclic) bond motifs is 1. The number of amides is 1. The first-order valence-corrected chi connectivity index (χ1v) is 13.3. The number of benzene rings is 1. The molecule has 0 spiro atoms. The molecule has 3 N–H and O–H groups in total. The number of halogens is 2. The van der Waals surface area contributed by atoms with Crippen molar-refractivity contribution >= 4 is 23.4 Å². The largest absolute Gasteiger partial charge is 0.453 e. The van der Waals surface area contributed by atoms with E-state index in [0.717, 1.165) is 35.4 Å². The summed E-state index contributed by atoms with van der Waals surface area (Å²) in [5, 5.41) is 7.37. The van der Waals surface area contributed by atoms with Gasteiger partial charge in [0.2, 0.25) is 5.95 Å². The zero-order chi connectivity index (χ0) is 29.3. The Morgan fingerprint density at radius 1 is 1.07 bits per heavy atom. The minimum absolute atomic E-state index is 0.203. The molecule has 5 heterocycles. The van der Waals surface area contributed by atoms with Gasteiger partial charge in [-0.3, -0.25) is 9.97 Å². The quantitative estimate of drug-likeness (QED) is 0.311. The molecule has 6 rings (SSSR count). The molecule has 1 atom stereocenters. The maximum Gasteiger partial charge on any atom is 0.407 e. The SMILES string of the molecule is COC(=O)NC1(c2ccccn2)CCCN(c2cnc(-c3ccc(F)c(F)c3)cc2Cc2cnn3c(N)ncnc23)C1. The Morgan fingerprint density at radius 3 is 2.74 bits per heavy atom. The van der Waals surface area contributed by atoms with E-state index in [0.29, 0.717) is 48.5 Å². The van der Waals surface area contributed by atoms with Crippen molar-refractivity contribution in [3.63, 3.8) is 0 Å². The van der Waals surface area contributed by atoms with E-state index in [2.05, 4.69) is 35.3 Å². The lowest BCUT2D eigenvalue weighted by Gasteiger charge is -2.44. The van der Waals surface area contributed by atoms with Crippen molar-refractivity contribution in [2.45, 2.75) is 24.8 Å². The van der Waals surface area contributed by atoms with Gasteiger partial charge in [0, 0.05) is 36.8 Å². The third-order valence-corrected chi connectivity index (χ3v) is 7.48. The molecule has 13 heteroatoms. The molecule has 0 bridgehead atoms. The molecular formula is C29H27F2N9O2. The second-order valence-electron chi connectivity index (χ2n) is 10.1. The van der Waals surface area contributed by atoms with Crippen molar-refractivity contribution in [1.82, 2.24) is 34.9 Å². The average Bonchev–Trinajstić information content (AvgIpc) is 3.43. The maximum atomic E-state index is 14.1. The van der Waals surface area contributed by atoms with Crippen LogP contribution in [0.5, 0.6) is 0 Å². The van der Waals surface area contributed by atoms with Gasteiger partial charge in [-0.15, -0.1) is 0 Å². The van der Waals surface area contributed by atoms with E-state index in [1.807, 2.05) is 24.3 Å². The van der Waals surface area contributed by atoms with E-state index >= 15 is 0 Å². The van der Waals surface area contributed by atoms with Crippen LogP contribution in [-0.4, -0.2) is 55.8 Å². The van der Waals surface area contributed by atoms with Crippen LogP contribution >= 0.6 is 0 Å². The molecule has 11 nitrogen and oxygen atoms in total. The molecular weight excluding hydrogens is 544 g/mol. The minimum atomic E-state index is -0.959. The highest BCUT2D eigenvalue weighted by Gasteiger charge is 2.41. The van der Waals surface area contributed by atoms with E-state index < -0.39 is 23.3 Å². The summed E-state index contributed by atoms with van der Waals surface area (Å²) in [6.07, 6.45) is 7.67. The van der Waals surface area contributed by atoms with Crippen LogP contribution in [0.4, 0.5) is 25.2 Å². The summed E-state index contributed by atoms with van der Waals surface area (Å²) in [5.41, 5.74) is 9.75. The number of nitrogens with zero attached hydrogens (tertiary/aromatic N) is 7. The highest BCUT2D eigenvalue weighted by molar-refractivity contribution is 5.70. The van der Waals surface area contributed by atoms with Gasteiger partial charge in [-0.1, -0.05) is 6.07 Å². The Balaban J connectivity index is 1.44. The molecule has 1 unspecified atom stereocenters. The Labute approximate surface area is 239 Å². The summed E-state index contributed by atoms with van der Waals surface area (Å²) in [6.45, 7) is 1.07. The van der Waals surface area contributed by atoms with Crippen molar-refractivity contribution in [3.8, 4) is 11.3 Å². The van der Waals surface area contributed by atoms with Crippen molar-refractivity contribution in [1.29, 1.82) is 0 Å². The van der Waals surface area contributed by atoms with Crippen LogP contribution in [0.2, 0.25) is 0 Å². The van der Waals surface area contributed by atoms with Crippen LogP contribution in [0.3, 0.4) is 0 Å². The number of hydrogen-bond donors (Lipinski definition) is 2. The van der Waals surface area contributed by atoms with Gasteiger partial charge < -0.3 is 20.7 Å². The fourth-order valence-corrected chi connectivity index (χ4v) is 5.47. The van der Waals surface area contributed by atoms with Gasteiger partial charge in [-0.05, 0) is 54.8 Å². The molecule has 1 aliphatic heterocycles. The summed E-state index contributed by atoms with van der Waals surface area (Å²) < 4.78 is 34.2. The van der Waals surface area contributed by atoms with Gasteiger partial charge in [0.1, 0.15) is 11.9 Å². The molecule has 1 saturated heterocycles. The number of alkyl carbamates (subject to hydrolysis) is 1. The topological polar surface area (TPSA) is 136 Å². The summed E-state index contributed by atoms with van der Waals surface area (Å²) in [5.74, 6) is -1.69. The smallest absolute Gasteiger partial charge is 0.407 e. The van der Waals surface area contributed by atoms with Gasteiger partial charge in [-0.2, -0.15) is 9.61 Å². The Morgan fingerprint density at radius 2 is 1.95 bits per heavy atom. The van der Waals surface area contributed by atoms with Crippen LogP contribution in [0.25, 0.3) is 16.9 Å². The molecule has 1 fully saturated rings. The lowest BCUT2D eigenvalue weighted by atomic mass is 9.84. The van der Waals surface area contributed by atoms with E-state index in [9.17, 15) is 13.6 Å². The molecule has 4 aromatic heterocycles. The number of carbonyl (C=O) groups is 1. The number of nitrogens with one attached hydrogen (secondary N) is 1. The number of pyridine rings is 2. The average molecular weight is 572 g/mol. The first kappa shape index (κ1) is 27.0. The molecule has 1 aromatic carbocycles.